The van der Waals surface area contributed by atoms with Crippen LogP contribution >= 0.6 is 0 Å². The molecule has 0 saturated carbocycles. The van der Waals surface area contributed by atoms with Crippen molar-refractivity contribution in [1.29, 1.82) is 0 Å². The van der Waals surface area contributed by atoms with E-state index in [2.05, 4.69) is 0 Å². The van der Waals surface area contributed by atoms with Crippen molar-refractivity contribution in [3.63, 3.8) is 0 Å². The second-order valence-corrected chi connectivity index (χ2v) is 6.77. The molecule has 0 radical (unpaired) electrons. The topological polar surface area (TPSA) is 0 Å². The summed E-state index contributed by atoms with van der Waals surface area (Å²) in [5, 5.41) is 0. The van der Waals surface area contributed by atoms with E-state index in [4.69, 9.17) is 0 Å². The molecule has 4 aromatic rings. The molecule has 4 rings (SSSR count). The van der Waals surface area contributed by atoms with Crippen LogP contribution in [0.5, 0.6) is 0 Å². The fourth-order valence-corrected chi connectivity index (χ4v) is 3.29. The Bertz CT molecular complexity index is 1030. The molecular formula is C24H12F6. The Balaban J connectivity index is 1.98. The summed E-state index contributed by atoms with van der Waals surface area (Å²) in [6.07, 6.45) is 0. The molecule has 0 amide bonds. The van der Waals surface area contributed by atoms with Gasteiger partial charge in [-0.25, -0.2) is 26.3 Å². The second kappa shape index (κ2) is 7.71. The predicted octanol–water partition coefficient (Wildman–Crippen LogP) is 7.52. The monoisotopic (exact) mass is 414 g/mol. The third kappa shape index (κ3) is 4.22. The maximum absolute atomic E-state index is 13.7. The molecule has 0 aromatic heterocycles. The summed E-state index contributed by atoms with van der Waals surface area (Å²) in [6.45, 7) is 0. The highest BCUT2D eigenvalue weighted by Gasteiger charge is 2.12. The minimum absolute atomic E-state index is 0.157. The van der Waals surface area contributed by atoms with Crippen molar-refractivity contribution in [2.45, 2.75) is 0 Å². The number of halogens is 6. The Morgan fingerprint density at radius 3 is 0.600 bits per heavy atom. The average molecular weight is 414 g/mol. The molecule has 0 N–H and O–H groups in total. The Kier molecular flexibility index (Phi) is 5.08. The molecule has 0 unspecified atom stereocenters. The Labute approximate surface area is 168 Å². The lowest BCUT2D eigenvalue weighted by molar-refractivity contribution is 0.583. The first-order chi connectivity index (χ1) is 14.3. The first-order valence-electron chi connectivity index (χ1n) is 8.81. The van der Waals surface area contributed by atoms with E-state index in [0.717, 1.165) is 36.4 Å². The van der Waals surface area contributed by atoms with Gasteiger partial charge in [0.2, 0.25) is 0 Å². The molecule has 0 atom stereocenters. The van der Waals surface area contributed by atoms with Crippen LogP contribution in [0.3, 0.4) is 0 Å². The van der Waals surface area contributed by atoms with E-state index in [9.17, 15) is 26.3 Å². The molecule has 0 nitrogen and oxygen atoms in total. The van der Waals surface area contributed by atoms with Gasteiger partial charge in [-0.2, -0.15) is 0 Å². The molecule has 0 aliphatic rings. The van der Waals surface area contributed by atoms with Crippen LogP contribution in [-0.2, 0) is 0 Å². The summed E-state index contributed by atoms with van der Waals surface area (Å²) in [5.74, 6) is -4.89. The molecular weight excluding hydrogens is 402 g/mol. The lowest BCUT2D eigenvalue weighted by atomic mass is 9.93. The standard InChI is InChI=1S/C24H12F6/c25-19-4-16(5-20(26)10-19)13-1-14(17-6-21(27)11-22(28)7-17)3-15(2-13)18-8-23(29)12-24(30)9-18/h1-12H. The molecule has 0 saturated heterocycles. The average Bonchev–Trinajstić information content (AvgIpc) is 2.65. The van der Waals surface area contributed by atoms with Crippen molar-refractivity contribution in [3.8, 4) is 33.4 Å². The van der Waals surface area contributed by atoms with E-state index in [0.29, 0.717) is 34.9 Å². The number of benzene rings is 4. The van der Waals surface area contributed by atoms with Crippen molar-refractivity contribution in [3.05, 3.63) is 108 Å². The highest BCUT2D eigenvalue weighted by molar-refractivity contribution is 5.81. The first kappa shape index (κ1) is 19.8. The van der Waals surface area contributed by atoms with Crippen molar-refractivity contribution in [2.24, 2.45) is 0 Å². The smallest absolute Gasteiger partial charge is 0.126 e. The fourth-order valence-electron chi connectivity index (χ4n) is 3.29. The van der Waals surface area contributed by atoms with E-state index in [1.165, 1.54) is 18.2 Å². The van der Waals surface area contributed by atoms with Crippen molar-refractivity contribution in [1.82, 2.24) is 0 Å². The van der Waals surface area contributed by atoms with Gasteiger partial charge in [0.25, 0.3) is 0 Å². The van der Waals surface area contributed by atoms with E-state index >= 15 is 0 Å². The summed E-state index contributed by atoms with van der Waals surface area (Å²) >= 11 is 0. The number of hydrogen-bond donors (Lipinski definition) is 0. The van der Waals surface area contributed by atoms with E-state index in [-0.39, 0.29) is 16.7 Å². The van der Waals surface area contributed by atoms with Crippen LogP contribution in [0, 0.1) is 34.9 Å². The van der Waals surface area contributed by atoms with Gasteiger partial charge in [-0.05, 0) is 88.0 Å². The summed E-state index contributed by atoms with van der Waals surface area (Å²) in [7, 11) is 0. The molecule has 0 spiro atoms. The lowest BCUT2D eigenvalue weighted by Crippen LogP contribution is -1.91. The maximum Gasteiger partial charge on any atom is 0.126 e. The summed E-state index contributed by atoms with van der Waals surface area (Å²) < 4.78 is 82.4. The molecule has 0 bridgehead atoms. The highest BCUT2D eigenvalue weighted by Crippen LogP contribution is 2.34. The lowest BCUT2D eigenvalue weighted by Gasteiger charge is -2.12. The van der Waals surface area contributed by atoms with Crippen molar-refractivity contribution >= 4 is 0 Å². The summed E-state index contributed by atoms with van der Waals surface area (Å²) in [6, 6.07) is 13.1. The molecule has 0 heterocycles. The number of rotatable bonds is 3. The minimum Gasteiger partial charge on any atom is -0.207 e. The van der Waals surface area contributed by atoms with E-state index in [1.54, 1.807) is 0 Å². The van der Waals surface area contributed by atoms with Gasteiger partial charge in [-0.15, -0.1) is 0 Å². The van der Waals surface area contributed by atoms with Gasteiger partial charge in [0, 0.05) is 18.2 Å². The first-order valence-corrected chi connectivity index (χ1v) is 8.81. The van der Waals surface area contributed by atoms with Gasteiger partial charge in [-0.1, -0.05) is 0 Å². The van der Waals surface area contributed by atoms with Gasteiger partial charge >= 0.3 is 0 Å². The molecule has 6 heteroatoms. The van der Waals surface area contributed by atoms with Crippen LogP contribution in [0.25, 0.3) is 33.4 Å². The van der Waals surface area contributed by atoms with Gasteiger partial charge in [0.1, 0.15) is 34.9 Å². The quantitative estimate of drug-likeness (QED) is 0.304. The zero-order chi connectivity index (χ0) is 21.4. The fraction of sp³-hybridized carbons (Fsp3) is 0. The summed E-state index contributed by atoms with van der Waals surface area (Å²) in [4.78, 5) is 0. The van der Waals surface area contributed by atoms with Crippen LogP contribution in [0.15, 0.2) is 72.8 Å². The molecule has 150 valence electrons. The van der Waals surface area contributed by atoms with Crippen LogP contribution in [-0.4, -0.2) is 0 Å². The van der Waals surface area contributed by atoms with Crippen LogP contribution < -0.4 is 0 Å². The normalized spacial score (nSPS) is 11.0. The molecule has 4 aromatic carbocycles. The third-order valence-electron chi connectivity index (χ3n) is 4.52. The van der Waals surface area contributed by atoms with Gasteiger partial charge in [0.15, 0.2) is 0 Å². The van der Waals surface area contributed by atoms with Gasteiger partial charge in [-0.3, -0.25) is 0 Å². The Morgan fingerprint density at radius 2 is 0.400 bits per heavy atom. The van der Waals surface area contributed by atoms with Crippen LogP contribution in [0.1, 0.15) is 0 Å². The van der Waals surface area contributed by atoms with Gasteiger partial charge < -0.3 is 0 Å². The van der Waals surface area contributed by atoms with Crippen LogP contribution in [0.2, 0.25) is 0 Å². The van der Waals surface area contributed by atoms with Crippen molar-refractivity contribution in [2.75, 3.05) is 0 Å². The predicted molar refractivity (Wildman–Crippen MR) is 102 cm³/mol. The van der Waals surface area contributed by atoms with E-state index in [1.807, 2.05) is 0 Å². The Morgan fingerprint density at radius 1 is 0.233 bits per heavy atom. The molecule has 30 heavy (non-hydrogen) atoms. The van der Waals surface area contributed by atoms with Gasteiger partial charge in [0.05, 0.1) is 0 Å². The highest BCUT2D eigenvalue weighted by atomic mass is 19.2. The SMILES string of the molecule is Fc1cc(F)cc(-c2cc(-c3cc(F)cc(F)c3)cc(-c3cc(F)cc(F)c3)c2)c1. The maximum atomic E-state index is 13.7. The molecule has 0 aliphatic carbocycles. The Hall–Kier alpha value is -3.54. The zero-order valence-corrected chi connectivity index (χ0v) is 15.2. The summed E-state index contributed by atoms with van der Waals surface area (Å²) in [5.41, 5.74) is 1.37. The second-order valence-electron chi connectivity index (χ2n) is 6.77. The molecule has 0 fully saturated rings. The minimum atomic E-state index is -0.814. The third-order valence-corrected chi connectivity index (χ3v) is 4.52. The largest absolute Gasteiger partial charge is 0.207 e. The van der Waals surface area contributed by atoms with E-state index < -0.39 is 34.9 Å². The molecule has 0 aliphatic heterocycles. The number of hydrogen-bond acceptors (Lipinski definition) is 0. The van der Waals surface area contributed by atoms with Crippen LogP contribution in [0.4, 0.5) is 26.3 Å². The van der Waals surface area contributed by atoms with Crippen molar-refractivity contribution < 1.29 is 26.3 Å². The zero-order valence-electron chi connectivity index (χ0n) is 15.2.